The number of amides is 2. The fourth-order valence-electron chi connectivity index (χ4n) is 7.22. The Bertz CT molecular complexity index is 1900. The average molecular weight is 588 g/mol. The fourth-order valence-corrected chi connectivity index (χ4v) is 7.22. The number of rotatable bonds is 4. The van der Waals surface area contributed by atoms with E-state index in [2.05, 4.69) is 0 Å². The van der Waals surface area contributed by atoms with Crippen LogP contribution in [0.25, 0.3) is 0 Å². The lowest BCUT2D eigenvalue weighted by Crippen LogP contribution is -2.39. The van der Waals surface area contributed by atoms with Gasteiger partial charge in [-0.05, 0) is 73.7 Å². The largest absolute Gasteiger partial charge is 0.505 e. The maximum atomic E-state index is 14.6. The molecule has 3 aliphatic carbocycles. The van der Waals surface area contributed by atoms with Gasteiger partial charge in [0.1, 0.15) is 0 Å². The minimum absolute atomic E-state index is 0.102. The number of nitrogens with zero attached hydrogens (tertiary/aromatic N) is 1. The summed E-state index contributed by atoms with van der Waals surface area (Å²) in [5.74, 6) is -5.88. The molecule has 0 unspecified atom stereocenters. The van der Waals surface area contributed by atoms with Crippen LogP contribution in [0.3, 0.4) is 0 Å². The summed E-state index contributed by atoms with van der Waals surface area (Å²) in [6, 6.07) is 19.0. The predicted molar refractivity (Wildman–Crippen MR) is 158 cm³/mol. The lowest BCUT2D eigenvalue weighted by molar-refractivity contribution is -0.123. The summed E-state index contributed by atoms with van der Waals surface area (Å²) >= 11 is 0. The van der Waals surface area contributed by atoms with Gasteiger partial charge in [-0.25, -0.2) is 4.39 Å². The Morgan fingerprint density at radius 1 is 0.886 bits per heavy atom. The second-order valence-corrected chi connectivity index (χ2v) is 11.7. The van der Waals surface area contributed by atoms with Crippen LogP contribution in [0.1, 0.15) is 47.2 Å². The van der Waals surface area contributed by atoms with Crippen LogP contribution in [0.2, 0.25) is 0 Å². The molecule has 8 heteroatoms. The van der Waals surface area contributed by atoms with Crippen molar-refractivity contribution in [1.82, 2.24) is 0 Å². The second-order valence-electron chi connectivity index (χ2n) is 11.7. The van der Waals surface area contributed by atoms with Crippen molar-refractivity contribution in [3.63, 3.8) is 0 Å². The minimum atomic E-state index is -0.865. The van der Waals surface area contributed by atoms with Gasteiger partial charge in [-0.2, -0.15) is 0 Å². The molecular weight excluding hydrogens is 561 g/mol. The number of fused-ring (bicyclic) bond motifs is 3. The van der Waals surface area contributed by atoms with Crippen molar-refractivity contribution in [2.45, 2.75) is 25.7 Å². The molecule has 2 amide bonds. The predicted octanol–water partition coefficient (Wildman–Crippen LogP) is 5.40. The third kappa shape index (κ3) is 4.12. The van der Waals surface area contributed by atoms with Gasteiger partial charge in [0.25, 0.3) is 0 Å². The molecule has 4 atom stereocenters. The van der Waals surface area contributed by atoms with E-state index >= 15 is 0 Å². The first-order chi connectivity index (χ1) is 21.2. The standard InChI is InChI=1S/C36H26FNO6/c1-18-15-29(40)26-17-25-23(30(32(26)33(18)41)21-9-14-28(39)27(37)16-21)12-13-24-31(25)36(44)38(35(24)43)22-10-7-20(8-11-22)34(42)19-5-3-2-4-6-19/h2-12,14-16,24-25,30-31,39H,13,17H2,1H3/t24-,25+,30-,31-/m0/s1. The van der Waals surface area contributed by atoms with E-state index in [1.165, 1.54) is 18.2 Å². The van der Waals surface area contributed by atoms with Gasteiger partial charge in [0.2, 0.25) is 11.8 Å². The van der Waals surface area contributed by atoms with E-state index in [0.717, 1.165) is 11.0 Å². The molecule has 44 heavy (non-hydrogen) atoms. The van der Waals surface area contributed by atoms with Crippen LogP contribution in [-0.4, -0.2) is 34.3 Å². The minimum Gasteiger partial charge on any atom is -0.505 e. The molecule has 0 radical (unpaired) electrons. The molecule has 1 N–H and O–H groups in total. The van der Waals surface area contributed by atoms with Crippen molar-refractivity contribution in [2.24, 2.45) is 17.8 Å². The number of phenols is 1. The Hall–Kier alpha value is -5.24. The lowest BCUT2D eigenvalue weighted by Gasteiger charge is -2.42. The number of Topliss-reactive ketones (excluding diaryl/α,β-unsaturated/α-hetero) is 1. The van der Waals surface area contributed by atoms with E-state index < -0.39 is 41.1 Å². The summed E-state index contributed by atoms with van der Waals surface area (Å²) < 4.78 is 14.6. The lowest BCUT2D eigenvalue weighted by atomic mass is 9.59. The van der Waals surface area contributed by atoms with Crippen molar-refractivity contribution in [3.8, 4) is 5.75 Å². The number of phenolic OH excluding ortho intramolecular Hbond substituents is 1. The van der Waals surface area contributed by atoms with Crippen molar-refractivity contribution in [3.05, 3.63) is 130 Å². The topological polar surface area (TPSA) is 109 Å². The number of hydrogen-bond donors (Lipinski definition) is 1. The average Bonchev–Trinajstić information content (AvgIpc) is 3.29. The summed E-state index contributed by atoms with van der Waals surface area (Å²) in [6.07, 6.45) is 3.48. The number of carbonyl (C=O) groups is 5. The van der Waals surface area contributed by atoms with Gasteiger partial charge < -0.3 is 5.11 Å². The van der Waals surface area contributed by atoms with Gasteiger partial charge in [-0.1, -0.05) is 48.0 Å². The monoisotopic (exact) mass is 587 g/mol. The highest BCUT2D eigenvalue weighted by Gasteiger charge is 2.56. The van der Waals surface area contributed by atoms with Crippen molar-refractivity contribution >= 4 is 34.9 Å². The molecule has 0 saturated carbocycles. The number of hydrogen-bond acceptors (Lipinski definition) is 6. The number of benzene rings is 3. The molecule has 0 aromatic heterocycles. The molecule has 7 rings (SSSR count). The molecule has 3 aromatic carbocycles. The van der Waals surface area contributed by atoms with Gasteiger partial charge in [0.05, 0.1) is 17.5 Å². The third-order valence-electron chi connectivity index (χ3n) is 9.29. The van der Waals surface area contributed by atoms with E-state index in [1.807, 2.05) is 12.1 Å². The van der Waals surface area contributed by atoms with Crippen molar-refractivity contribution in [2.75, 3.05) is 4.90 Å². The highest BCUT2D eigenvalue weighted by molar-refractivity contribution is 6.25. The summed E-state index contributed by atoms with van der Waals surface area (Å²) in [5.41, 5.74) is 3.16. The zero-order chi connectivity index (χ0) is 30.9. The number of anilines is 1. The molecule has 1 aliphatic heterocycles. The summed E-state index contributed by atoms with van der Waals surface area (Å²) in [4.78, 5) is 68.6. The van der Waals surface area contributed by atoms with E-state index in [0.29, 0.717) is 28.0 Å². The third-order valence-corrected chi connectivity index (χ3v) is 9.29. The Kier molecular flexibility index (Phi) is 6.39. The Labute approximate surface area is 252 Å². The van der Waals surface area contributed by atoms with Crippen LogP contribution in [0.4, 0.5) is 10.1 Å². The number of halogens is 1. The van der Waals surface area contributed by atoms with Gasteiger partial charge in [0, 0.05) is 33.8 Å². The van der Waals surface area contributed by atoms with E-state index in [1.54, 1.807) is 55.5 Å². The highest BCUT2D eigenvalue weighted by Crippen LogP contribution is 2.55. The number of ketones is 3. The normalized spacial score (nSPS) is 24.5. The number of allylic oxidation sites excluding steroid dienone is 6. The summed E-state index contributed by atoms with van der Waals surface area (Å²) in [7, 11) is 0. The van der Waals surface area contributed by atoms with Crippen molar-refractivity contribution < 1.29 is 33.5 Å². The quantitative estimate of drug-likeness (QED) is 0.190. The van der Waals surface area contributed by atoms with Gasteiger partial charge in [0.15, 0.2) is 28.9 Å². The van der Waals surface area contributed by atoms with Crippen LogP contribution in [0.15, 0.2) is 107 Å². The Morgan fingerprint density at radius 3 is 2.30 bits per heavy atom. The zero-order valence-electron chi connectivity index (χ0n) is 23.6. The fraction of sp³-hybridized carbons (Fsp3) is 0.194. The van der Waals surface area contributed by atoms with Gasteiger partial charge >= 0.3 is 0 Å². The Balaban J connectivity index is 1.26. The van der Waals surface area contributed by atoms with E-state index in [9.17, 15) is 33.5 Å². The molecule has 1 heterocycles. The number of imide groups is 1. The molecule has 218 valence electrons. The van der Waals surface area contributed by atoms with Crippen LogP contribution in [-0.2, 0) is 19.2 Å². The molecule has 1 fully saturated rings. The van der Waals surface area contributed by atoms with Crippen LogP contribution >= 0.6 is 0 Å². The molecule has 3 aromatic rings. The first kappa shape index (κ1) is 27.6. The van der Waals surface area contributed by atoms with Crippen LogP contribution < -0.4 is 4.90 Å². The van der Waals surface area contributed by atoms with Gasteiger partial charge in [-0.15, -0.1) is 0 Å². The first-order valence-electron chi connectivity index (χ1n) is 14.4. The maximum absolute atomic E-state index is 14.6. The number of carbonyl (C=O) groups excluding carboxylic acids is 5. The molecule has 7 nitrogen and oxygen atoms in total. The van der Waals surface area contributed by atoms with E-state index in [-0.39, 0.29) is 52.8 Å². The summed E-state index contributed by atoms with van der Waals surface area (Å²) in [5, 5.41) is 9.83. The smallest absolute Gasteiger partial charge is 0.238 e. The molecule has 0 bridgehead atoms. The van der Waals surface area contributed by atoms with E-state index in [4.69, 9.17) is 0 Å². The SMILES string of the molecule is CC1=CC(=O)C2=C(C1=O)[C@@H](c1ccc(O)c(F)c1)C1=CC[C@@H]3C(=O)N(c4ccc(C(=O)c5ccccc5)cc4)C(=O)[C@@H]3[C@@H]1C2. The molecular formula is C36H26FNO6. The number of aromatic hydroxyl groups is 1. The zero-order valence-corrected chi connectivity index (χ0v) is 23.6. The molecule has 0 spiro atoms. The second kappa shape index (κ2) is 10.2. The van der Waals surface area contributed by atoms with Crippen molar-refractivity contribution in [1.29, 1.82) is 0 Å². The molecule has 1 saturated heterocycles. The summed E-state index contributed by atoms with van der Waals surface area (Å²) in [6.45, 7) is 1.56. The first-order valence-corrected chi connectivity index (χ1v) is 14.4. The Morgan fingerprint density at radius 2 is 1.59 bits per heavy atom. The maximum Gasteiger partial charge on any atom is 0.238 e. The van der Waals surface area contributed by atoms with Crippen LogP contribution in [0.5, 0.6) is 5.75 Å². The molecule has 4 aliphatic rings. The van der Waals surface area contributed by atoms with Gasteiger partial charge in [-0.3, -0.25) is 28.9 Å². The highest BCUT2D eigenvalue weighted by atomic mass is 19.1. The van der Waals surface area contributed by atoms with Crippen LogP contribution in [0, 0.1) is 23.6 Å².